The molecule has 4 aliphatic heterocycles. The Morgan fingerprint density at radius 2 is 0.726 bits per heavy atom. The summed E-state index contributed by atoms with van der Waals surface area (Å²) in [6.45, 7) is 17.2. The number of pyridine rings is 4. The van der Waals surface area contributed by atoms with Crippen LogP contribution in [-0.4, -0.2) is 152 Å². The molecule has 117 heavy (non-hydrogen) atoms. The zero-order valence-corrected chi connectivity index (χ0v) is 65.5. The molecule has 0 radical (unpaired) electrons. The van der Waals surface area contributed by atoms with Crippen LogP contribution in [0.4, 0.5) is 22.3 Å². The first-order chi connectivity index (χ1) is 55.8. The molecular weight excluding hydrogens is 1490 g/mol. The summed E-state index contributed by atoms with van der Waals surface area (Å²) >= 11 is 0. The molecule has 0 bridgehead atoms. The van der Waals surface area contributed by atoms with E-state index in [-0.39, 0.29) is 69.0 Å². The summed E-state index contributed by atoms with van der Waals surface area (Å²) in [6, 6.07) is 58.9. The van der Waals surface area contributed by atoms with E-state index < -0.39 is 17.7 Å². The lowest BCUT2D eigenvalue weighted by Gasteiger charge is -2.37. The summed E-state index contributed by atoms with van der Waals surface area (Å²) in [5.74, 6) is -3.61. The highest BCUT2D eigenvalue weighted by molar-refractivity contribution is 6.04. The normalized spacial score (nSPS) is 18.3. The monoisotopic (exact) mass is 1590 g/mol. The minimum Gasteiger partial charge on any atom is -0.468 e. The van der Waals surface area contributed by atoms with Crippen molar-refractivity contribution in [1.29, 1.82) is 5.26 Å². The molecule has 2 unspecified atom stereocenters. The molecule has 16 rings (SSSR count). The van der Waals surface area contributed by atoms with Crippen LogP contribution >= 0.6 is 0 Å². The number of carbonyl (C=O) groups is 5. The molecule has 0 aliphatic carbocycles. The standard InChI is InChI=1S/C23H25FN4O.C23H23FN4.C23H22FN3O3.C22H21FN4O2.FH/c1-14-12-28(15(2)11-26-14)13-16-3-8-19-20(17-4-6-18(24)7-5-17)10-22(23(25)29)27-21(19)9-16;1-15-13-28(16(2)12-26-15)14-17-3-8-21-22(18-4-6-19(24)7-5-18)10-20(11-25)27-23(21)9-17;1-30-23(29)21-3-2-10-27(21)13-14-4-9-17-18(15-5-7-16(24)8-6-15)12-20(22(25)28)26-19(17)11-14;23-15-6-4-14(5-7-15)17-11-19(21(24)28)26-18-10-13(3-8-16(17)18)12-27-9-1-2-20(27)22(25)29;/h3-10,14-15,26H,11-13H2,1-2H3,(H2,25,29);3-10,15-16,26H,12-14H2,1-2H3;4-9,11-12,21H,2-3,10,13H2,1H3,(H2,25,28);3-8,10-11,20H,1-2,9,12H2,(H2,24,28)(H2,25,29);1H/t14?,15-;15?,16-;21-;20-;/m0000./s1. The second kappa shape index (κ2) is 37.5. The van der Waals surface area contributed by atoms with E-state index in [1.807, 2.05) is 48.5 Å². The first kappa shape index (κ1) is 84.1. The lowest BCUT2D eigenvalue weighted by molar-refractivity contribution is -0.146. The number of amides is 4. The predicted molar refractivity (Wildman–Crippen MR) is 444 cm³/mol. The Bertz CT molecular complexity index is 5700. The van der Waals surface area contributed by atoms with Gasteiger partial charge in [0.2, 0.25) is 5.91 Å². The minimum atomic E-state index is -0.631. The number of hydrogen-bond acceptors (Lipinski definition) is 17. The van der Waals surface area contributed by atoms with Crippen molar-refractivity contribution in [3.05, 3.63) is 262 Å². The zero-order chi connectivity index (χ0) is 82.0. The number of carbonyl (C=O) groups excluding carboxylic acids is 5. The molecule has 0 saturated carbocycles. The van der Waals surface area contributed by atoms with Gasteiger partial charge in [-0.3, -0.25) is 48.3 Å². The van der Waals surface area contributed by atoms with Crippen molar-refractivity contribution < 1.29 is 51.0 Å². The van der Waals surface area contributed by atoms with E-state index in [4.69, 9.17) is 27.7 Å². The number of nitrogens with two attached hydrogens (primary N) is 4. The van der Waals surface area contributed by atoms with Gasteiger partial charge in [-0.2, -0.15) is 5.26 Å². The summed E-state index contributed by atoms with van der Waals surface area (Å²) in [4.78, 5) is 86.1. The second-order valence-electron chi connectivity index (χ2n) is 30.2. The van der Waals surface area contributed by atoms with Gasteiger partial charge >= 0.3 is 5.97 Å². The smallest absolute Gasteiger partial charge is 0.323 e. The number of esters is 1. The Balaban J connectivity index is 0.000000143. The van der Waals surface area contributed by atoms with Crippen molar-refractivity contribution in [2.45, 2.75) is 116 Å². The number of halogens is 5. The zero-order valence-electron chi connectivity index (χ0n) is 65.5. The Morgan fingerprint density at radius 1 is 0.427 bits per heavy atom. The van der Waals surface area contributed by atoms with Crippen molar-refractivity contribution in [1.82, 2.24) is 50.2 Å². The van der Waals surface area contributed by atoms with Crippen LogP contribution in [0.2, 0.25) is 0 Å². The van der Waals surface area contributed by atoms with E-state index in [1.165, 1.54) is 61.2 Å². The fourth-order valence-corrected chi connectivity index (χ4v) is 15.7. The lowest BCUT2D eigenvalue weighted by Crippen LogP contribution is -2.53. The van der Waals surface area contributed by atoms with Crippen LogP contribution in [0.25, 0.3) is 88.1 Å². The van der Waals surface area contributed by atoms with Crippen LogP contribution in [0.1, 0.15) is 113 Å². The van der Waals surface area contributed by atoms with Gasteiger partial charge in [-0.25, -0.2) is 37.5 Å². The molecule has 10 N–H and O–H groups in total. The molecule has 4 saturated heterocycles. The highest BCUT2D eigenvalue weighted by atomic mass is 19.1. The van der Waals surface area contributed by atoms with E-state index in [1.54, 1.807) is 72.8 Å². The third-order valence-electron chi connectivity index (χ3n) is 21.8. The van der Waals surface area contributed by atoms with Crippen molar-refractivity contribution in [3.63, 3.8) is 0 Å². The second-order valence-corrected chi connectivity index (χ2v) is 30.2. The lowest BCUT2D eigenvalue weighted by atomic mass is 9.98. The van der Waals surface area contributed by atoms with Gasteiger partial charge in [-0.1, -0.05) is 97.1 Å². The molecule has 4 fully saturated rings. The molecule has 6 atom stereocenters. The van der Waals surface area contributed by atoms with Gasteiger partial charge in [0.05, 0.1) is 35.2 Å². The van der Waals surface area contributed by atoms with Crippen LogP contribution in [0, 0.1) is 34.6 Å². The number of rotatable bonds is 17. The van der Waals surface area contributed by atoms with Crippen LogP contribution in [0.3, 0.4) is 0 Å². The molecule has 4 aromatic heterocycles. The molecule has 602 valence electrons. The average Bonchev–Trinajstić information content (AvgIpc) is 0.877. The highest BCUT2D eigenvalue weighted by Crippen LogP contribution is 2.36. The Hall–Kier alpha value is -12.4. The number of fused-ring (bicyclic) bond motifs is 4. The minimum absolute atomic E-state index is 0. The van der Waals surface area contributed by atoms with E-state index in [9.17, 15) is 46.8 Å². The van der Waals surface area contributed by atoms with Gasteiger partial charge in [-0.15, -0.1) is 0 Å². The number of likely N-dealkylation sites (tertiary alicyclic amines) is 2. The maximum Gasteiger partial charge on any atom is 0.323 e. The predicted octanol–water partition coefficient (Wildman–Crippen LogP) is 13.4. The molecule has 8 heterocycles. The first-order valence-corrected chi connectivity index (χ1v) is 38.7. The largest absolute Gasteiger partial charge is 0.468 e. The van der Waals surface area contributed by atoms with Crippen LogP contribution < -0.4 is 33.6 Å². The quantitative estimate of drug-likeness (QED) is 0.0364. The maximum absolute atomic E-state index is 13.4. The molecular formula is C91H92F5N15O6. The number of primary amides is 4. The van der Waals surface area contributed by atoms with Crippen molar-refractivity contribution >= 4 is 73.2 Å². The Morgan fingerprint density at radius 3 is 1.03 bits per heavy atom. The average molecular weight is 1590 g/mol. The van der Waals surface area contributed by atoms with E-state index >= 15 is 0 Å². The number of ether oxygens (including phenoxy) is 1. The van der Waals surface area contributed by atoms with Crippen molar-refractivity contribution in [2.75, 3.05) is 46.4 Å². The molecule has 4 aliphatic rings. The van der Waals surface area contributed by atoms with Gasteiger partial charge in [0.25, 0.3) is 17.7 Å². The Labute approximate surface area is 674 Å². The Kier molecular flexibility index (Phi) is 26.9. The number of methoxy groups -OCH3 is 1. The highest BCUT2D eigenvalue weighted by Gasteiger charge is 2.33. The van der Waals surface area contributed by atoms with Gasteiger partial charge < -0.3 is 38.3 Å². The van der Waals surface area contributed by atoms with E-state index in [0.29, 0.717) is 59.5 Å². The van der Waals surface area contributed by atoms with Crippen LogP contribution in [0.15, 0.2) is 194 Å². The van der Waals surface area contributed by atoms with E-state index in [2.05, 4.69) is 108 Å². The maximum atomic E-state index is 13.4. The molecule has 21 nitrogen and oxygen atoms in total. The van der Waals surface area contributed by atoms with Gasteiger partial charge in [0.1, 0.15) is 58.2 Å². The van der Waals surface area contributed by atoms with Gasteiger partial charge in [0.15, 0.2) is 0 Å². The van der Waals surface area contributed by atoms with Crippen LogP contribution in [0.5, 0.6) is 0 Å². The number of benzene rings is 8. The SMILES string of the molecule is CC1CN(Cc2ccc3c(-c4ccc(F)cc4)cc(C#N)nc3c2)[C@@H](C)CN1.CC1CN(Cc2ccc3c(-c4ccc(F)cc4)cc(C(N)=O)nc3c2)[C@@H](C)CN1.COC(=O)[C@@H]1CCCN1Cc1ccc2c(-c3ccc(F)cc3)cc(C(N)=O)nc2c1.F.NC(=O)c1cc(-c2ccc(F)cc2)c2ccc(CN3CCC[C@H]3C(N)=O)cc2n1. The van der Waals surface area contributed by atoms with Gasteiger partial charge in [0, 0.05) is 98.1 Å². The summed E-state index contributed by atoms with van der Waals surface area (Å²) in [5.41, 5.74) is 36.3. The van der Waals surface area contributed by atoms with E-state index in [0.717, 1.165) is 166 Å². The fraction of sp³-hybridized carbons (Fsp3) is 0.275. The number of nitrogens with one attached hydrogen (secondary N) is 2. The summed E-state index contributed by atoms with van der Waals surface area (Å²) < 4.78 is 58.3. The molecule has 26 heteroatoms. The topological polar surface area (TPSA) is 311 Å². The molecule has 4 amide bonds. The summed E-state index contributed by atoms with van der Waals surface area (Å²) in [7, 11) is 1.40. The molecule has 12 aromatic rings. The first-order valence-electron chi connectivity index (χ1n) is 38.7. The molecule has 8 aromatic carbocycles. The van der Waals surface area contributed by atoms with Crippen molar-refractivity contribution in [3.8, 4) is 50.6 Å². The number of aromatic nitrogens is 4. The van der Waals surface area contributed by atoms with Crippen molar-refractivity contribution in [2.24, 2.45) is 22.9 Å². The van der Waals surface area contributed by atoms with Gasteiger partial charge in [-0.05, 0) is 230 Å². The third-order valence-corrected chi connectivity index (χ3v) is 21.8. The molecule has 0 spiro atoms. The fourth-order valence-electron chi connectivity index (χ4n) is 15.7. The number of nitriles is 1. The summed E-state index contributed by atoms with van der Waals surface area (Å²) in [6.07, 6.45) is 3.41. The van der Waals surface area contributed by atoms with Crippen LogP contribution in [-0.2, 0) is 40.5 Å². The number of nitrogens with zero attached hydrogens (tertiary/aromatic N) is 9. The third kappa shape index (κ3) is 20.3. The summed E-state index contributed by atoms with van der Waals surface area (Å²) in [5, 5.41) is 20.0. The number of piperazine rings is 2. The number of hydrogen-bond donors (Lipinski definition) is 6.